The van der Waals surface area contributed by atoms with E-state index in [2.05, 4.69) is 17.1 Å². The number of fused-ring (bicyclic) bond motifs is 3. The van der Waals surface area contributed by atoms with Crippen molar-refractivity contribution in [2.75, 3.05) is 7.11 Å². The Bertz CT molecular complexity index is 575. The fourth-order valence-electron chi connectivity index (χ4n) is 2.13. The molecule has 1 aliphatic carbocycles. The third-order valence-corrected chi connectivity index (χ3v) is 4.28. The van der Waals surface area contributed by atoms with Crippen LogP contribution in [0, 0.1) is 0 Å². The second-order valence-electron chi connectivity index (χ2n) is 4.31. The molecule has 1 atom stereocenters. The van der Waals surface area contributed by atoms with Gasteiger partial charge in [0, 0.05) is 16.9 Å². The van der Waals surface area contributed by atoms with Gasteiger partial charge in [-0.25, -0.2) is 4.98 Å². The Labute approximate surface area is 104 Å². The van der Waals surface area contributed by atoms with Gasteiger partial charge in [0.1, 0.15) is 10.8 Å². The minimum atomic E-state index is 0.0136. The van der Waals surface area contributed by atoms with E-state index >= 15 is 0 Å². The summed E-state index contributed by atoms with van der Waals surface area (Å²) in [6.45, 7) is 1.97. The van der Waals surface area contributed by atoms with Crippen molar-refractivity contribution >= 4 is 11.3 Å². The van der Waals surface area contributed by atoms with Gasteiger partial charge in [0.05, 0.1) is 18.8 Å². The third kappa shape index (κ3) is 1.64. The molecule has 1 aromatic heterocycles. The number of rotatable bonds is 2. The lowest BCUT2D eigenvalue weighted by molar-refractivity contribution is 0.415. The van der Waals surface area contributed by atoms with Crippen LogP contribution in [0.4, 0.5) is 0 Å². The fourth-order valence-corrected chi connectivity index (χ4v) is 3.18. The Balaban J connectivity index is 2.11. The average molecular weight is 246 g/mol. The predicted octanol–water partition coefficient (Wildman–Crippen LogP) is 2.74. The number of thiazole rings is 1. The number of hydrogen-bond acceptors (Lipinski definition) is 4. The molecular formula is C13H14N2OS. The van der Waals surface area contributed by atoms with Gasteiger partial charge < -0.3 is 10.5 Å². The van der Waals surface area contributed by atoms with Gasteiger partial charge in [-0.05, 0) is 24.6 Å². The largest absolute Gasteiger partial charge is 0.497 e. The summed E-state index contributed by atoms with van der Waals surface area (Å²) in [5.41, 5.74) is 9.49. The van der Waals surface area contributed by atoms with Gasteiger partial charge in [-0.15, -0.1) is 11.3 Å². The summed E-state index contributed by atoms with van der Waals surface area (Å²) in [7, 11) is 1.69. The van der Waals surface area contributed by atoms with Crippen LogP contribution in [0.3, 0.4) is 0 Å². The van der Waals surface area contributed by atoms with Crippen LogP contribution in [0.1, 0.15) is 28.4 Å². The molecule has 0 amide bonds. The van der Waals surface area contributed by atoms with Crippen LogP contribution in [0.2, 0.25) is 0 Å². The Morgan fingerprint density at radius 3 is 3.00 bits per heavy atom. The van der Waals surface area contributed by atoms with E-state index in [1.54, 1.807) is 18.4 Å². The summed E-state index contributed by atoms with van der Waals surface area (Å²) in [5, 5.41) is 1.02. The molecule has 0 aliphatic heterocycles. The molecule has 88 valence electrons. The molecule has 3 rings (SSSR count). The molecule has 17 heavy (non-hydrogen) atoms. The quantitative estimate of drug-likeness (QED) is 0.756. The van der Waals surface area contributed by atoms with Gasteiger partial charge in [0.2, 0.25) is 0 Å². The Morgan fingerprint density at radius 1 is 1.47 bits per heavy atom. The molecule has 3 nitrogen and oxygen atoms in total. The van der Waals surface area contributed by atoms with E-state index in [4.69, 9.17) is 10.5 Å². The van der Waals surface area contributed by atoms with E-state index in [0.717, 1.165) is 22.9 Å². The highest BCUT2D eigenvalue weighted by molar-refractivity contribution is 7.12. The lowest BCUT2D eigenvalue weighted by Crippen LogP contribution is -2.04. The standard InChI is InChI=1S/C13H14N2OS/c1-7(14)13-15-12-10-6-9(16-2)4-3-8(10)5-11(12)17-13/h3-4,6-7H,5,14H2,1-2H3. The van der Waals surface area contributed by atoms with Crippen LogP contribution in [0.15, 0.2) is 18.2 Å². The monoisotopic (exact) mass is 246 g/mol. The first-order valence-corrected chi connectivity index (χ1v) is 6.43. The summed E-state index contributed by atoms with van der Waals surface area (Å²) in [6, 6.07) is 6.20. The highest BCUT2D eigenvalue weighted by Crippen LogP contribution is 2.41. The average Bonchev–Trinajstić information content (AvgIpc) is 2.85. The molecule has 4 heteroatoms. The normalized spacial score (nSPS) is 14.3. The van der Waals surface area contributed by atoms with Crippen LogP contribution < -0.4 is 10.5 Å². The zero-order valence-electron chi connectivity index (χ0n) is 9.86. The van der Waals surface area contributed by atoms with Crippen molar-refractivity contribution < 1.29 is 4.74 Å². The third-order valence-electron chi connectivity index (χ3n) is 3.03. The molecule has 0 radical (unpaired) electrons. The molecule has 1 aliphatic rings. The van der Waals surface area contributed by atoms with Crippen molar-refractivity contribution in [1.29, 1.82) is 0 Å². The van der Waals surface area contributed by atoms with Crippen molar-refractivity contribution in [2.24, 2.45) is 5.73 Å². The van der Waals surface area contributed by atoms with Crippen molar-refractivity contribution in [3.8, 4) is 17.0 Å². The van der Waals surface area contributed by atoms with E-state index in [1.165, 1.54) is 16.0 Å². The van der Waals surface area contributed by atoms with Crippen LogP contribution in [0.25, 0.3) is 11.3 Å². The van der Waals surface area contributed by atoms with Gasteiger partial charge in [-0.1, -0.05) is 6.07 Å². The lowest BCUT2D eigenvalue weighted by atomic mass is 10.1. The smallest absolute Gasteiger partial charge is 0.119 e. The highest BCUT2D eigenvalue weighted by Gasteiger charge is 2.24. The molecule has 0 fully saturated rings. The first-order valence-electron chi connectivity index (χ1n) is 5.61. The zero-order chi connectivity index (χ0) is 12.0. The van der Waals surface area contributed by atoms with Crippen LogP contribution in [-0.2, 0) is 6.42 Å². The minimum Gasteiger partial charge on any atom is -0.497 e. The van der Waals surface area contributed by atoms with Crippen LogP contribution in [0.5, 0.6) is 5.75 Å². The van der Waals surface area contributed by atoms with Crippen LogP contribution >= 0.6 is 11.3 Å². The number of nitrogens with two attached hydrogens (primary N) is 1. The van der Waals surface area contributed by atoms with Gasteiger partial charge >= 0.3 is 0 Å². The maximum Gasteiger partial charge on any atom is 0.119 e. The van der Waals surface area contributed by atoms with Gasteiger partial charge in [0.15, 0.2) is 0 Å². The Morgan fingerprint density at radius 2 is 2.29 bits per heavy atom. The molecule has 1 aromatic carbocycles. The van der Waals surface area contributed by atoms with E-state index in [0.29, 0.717) is 0 Å². The number of methoxy groups -OCH3 is 1. The fraction of sp³-hybridized carbons (Fsp3) is 0.308. The summed E-state index contributed by atoms with van der Waals surface area (Å²) in [5.74, 6) is 0.881. The van der Waals surface area contributed by atoms with E-state index in [9.17, 15) is 0 Å². The van der Waals surface area contributed by atoms with E-state index < -0.39 is 0 Å². The summed E-state index contributed by atoms with van der Waals surface area (Å²) in [4.78, 5) is 5.96. The molecule has 0 spiro atoms. The Hall–Kier alpha value is -1.39. The first kappa shape index (κ1) is 10.7. The summed E-state index contributed by atoms with van der Waals surface area (Å²) >= 11 is 1.72. The maximum atomic E-state index is 5.87. The van der Waals surface area contributed by atoms with Crippen molar-refractivity contribution in [3.05, 3.63) is 33.6 Å². The van der Waals surface area contributed by atoms with Crippen LogP contribution in [-0.4, -0.2) is 12.1 Å². The number of aromatic nitrogens is 1. The molecule has 1 heterocycles. The predicted molar refractivity (Wildman–Crippen MR) is 69.5 cm³/mol. The molecule has 1 unspecified atom stereocenters. The molecular weight excluding hydrogens is 232 g/mol. The van der Waals surface area contributed by atoms with Gasteiger partial charge in [-0.2, -0.15) is 0 Å². The maximum absolute atomic E-state index is 5.87. The molecule has 2 aromatic rings. The second kappa shape index (κ2) is 3.82. The van der Waals surface area contributed by atoms with Crippen molar-refractivity contribution in [2.45, 2.75) is 19.4 Å². The molecule has 2 N–H and O–H groups in total. The number of nitrogens with zero attached hydrogens (tertiary/aromatic N) is 1. The van der Waals surface area contributed by atoms with Crippen molar-refractivity contribution in [3.63, 3.8) is 0 Å². The molecule has 0 saturated carbocycles. The first-order chi connectivity index (χ1) is 8.19. The topological polar surface area (TPSA) is 48.1 Å². The molecule has 0 bridgehead atoms. The SMILES string of the molecule is COc1ccc2c(c1)-c1nc(C(C)N)sc1C2. The zero-order valence-corrected chi connectivity index (χ0v) is 10.7. The summed E-state index contributed by atoms with van der Waals surface area (Å²) in [6.07, 6.45) is 0.971. The highest BCUT2D eigenvalue weighted by atomic mass is 32.1. The van der Waals surface area contributed by atoms with Gasteiger partial charge in [-0.3, -0.25) is 0 Å². The minimum absolute atomic E-state index is 0.0136. The van der Waals surface area contributed by atoms with Gasteiger partial charge in [0.25, 0.3) is 0 Å². The van der Waals surface area contributed by atoms with Crippen molar-refractivity contribution in [1.82, 2.24) is 4.98 Å². The van der Waals surface area contributed by atoms with E-state index in [-0.39, 0.29) is 6.04 Å². The Kier molecular flexibility index (Phi) is 2.42. The molecule has 0 saturated heterocycles. The second-order valence-corrected chi connectivity index (χ2v) is 5.43. The number of benzene rings is 1. The number of hydrogen-bond donors (Lipinski definition) is 1. The summed E-state index contributed by atoms with van der Waals surface area (Å²) < 4.78 is 5.26. The van der Waals surface area contributed by atoms with E-state index in [1.807, 2.05) is 13.0 Å². The lowest BCUT2D eigenvalue weighted by Gasteiger charge is -2.04. The number of ether oxygens (including phenoxy) is 1.